The third-order valence-corrected chi connectivity index (χ3v) is 6.66. The molecular weight excluding hydrogens is 520 g/mol. The number of anilines is 3. The number of nitrogens with zero attached hydrogens (tertiary/aromatic N) is 2. The molecule has 188 valence electrons. The molecule has 0 radical (unpaired) electrons. The molecule has 1 fully saturated rings. The van der Waals surface area contributed by atoms with Crippen LogP contribution in [0.1, 0.15) is 34.1 Å². The zero-order valence-corrected chi connectivity index (χ0v) is 22.2. The summed E-state index contributed by atoms with van der Waals surface area (Å²) in [7, 11) is 1.69. The molecule has 0 aromatic heterocycles. The number of benzene rings is 3. The van der Waals surface area contributed by atoms with Crippen LogP contribution >= 0.6 is 15.9 Å². The molecule has 0 aliphatic carbocycles. The Morgan fingerprint density at radius 3 is 2.31 bits per heavy atom. The number of carbonyl (C=O) groups is 2. The molecule has 0 saturated carbocycles. The number of ether oxygens (including phenoxy) is 1. The van der Waals surface area contributed by atoms with E-state index in [1.54, 1.807) is 25.3 Å². The van der Waals surface area contributed by atoms with Crippen LogP contribution in [0.2, 0.25) is 0 Å². The molecule has 7 nitrogen and oxygen atoms in total. The van der Waals surface area contributed by atoms with Crippen molar-refractivity contribution in [1.29, 1.82) is 0 Å². The van der Waals surface area contributed by atoms with Crippen molar-refractivity contribution in [3.05, 3.63) is 82.3 Å². The van der Waals surface area contributed by atoms with E-state index >= 15 is 0 Å². The Morgan fingerprint density at radius 2 is 1.61 bits per heavy atom. The van der Waals surface area contributed by atoms with Gasteiger partial charge in [0.25, 0.3) is 11.8 Å². The van der Waals surface area contributed by atoms with Crippen LogP contribution in [0.25, 0.3) is 0 Å². The number of para-hydroxylation sites is 2. The number of halogens is 1. The second-order valence-electron chi connectivity index (χ2n) is 8.60. The minimum atomic E-state index is -0.227. The molecule has 1 aliphatic heterocycles. The summed E-state index contributed by atoms with van der Waals surface area (Å²) in [5, 5.41) is 5.91. The van der Waals surface area contributed by atoms with Gasteiger partial charge in [-0.05, 0) is 55.0 Å². The monoisotopic (exact) mass is 550 g/mol. The Bertz CT molecular complexity index is 1220. The Kier molecular flexibility index (Phi) is 8.48. The van der Waals surface area contributed by atoms with E-state index in [2.05, 4.69) is 42.4 Å². The Balaban J connectivity index is 1.54. The number of hydrogen-bond acceptors (Lipinski definition) is 5. The first-order chi connectivity index (χ1) is 17.5. The SMILES string of the molecule is CCCNC(=O)c1cc(NC(=O)c2cccc(Br)c2)ccc1N1CCN(c2ccccc2OC)CC1. The summed E-state index contributed by atoms with van der Waals surface area (Å²) >= 11 is 3.40. The molecule has 0 atom stereocenters. The molecule has 1 saturated heterocycles. The first-order valence-electron chi connectivity index (χ1n) is 12.1. The Hall–Kier alpha value is -3.52. The third-order valence-electron chi connectivity index (χ3n) is 6.17. The van der Waals surface area contributed by atoms with Gasteiger partial charge in [-0.2, -0.15) is 0 Å². The van der Waals surface area contributed by atoms with Crippen molar-refractivity contribution >= 4 is 44.8 Å². The molecule has 1 heterocycles. The van der Waals surface area contributed by atoms with E-state index in [1.807, 2.05) is 49.4 Å². The highest BCUT2D eigenvalue weighted by molar-refractivity contribution is 9.10. The predicted molar refractivity (Wildman–Crippen MR) is 149 cm³/mol. The minimum absolute atomic E-state index is 0.141. The van der Waals surface area contributed by atoms with E-state index in [0.29, 0.717) is 23.4 Å². The van der Waals surface area contributed by atoms with Gasteiger partial charge in [0.2, 0.25) is 0 Å². The second-order valence-corrected chi connectivity index (χ2v) is 9.51. The van der Waals surface area contributed by atoms with Crippen LogP contribution < -0.4 is 25.2 Å². The molecule has 8 heteroatoms. The van der Waals surface area contributed by atoms with Crippen molar-refractivity contribution in [3.8, 4) is 5.75 Å². The van der Waals surface area contributed by atoms with Gasteiger partial charge in [0.05, 0.1) is 18.4 Å². The number of carbonyl (C=O) groups excluding carboxylic acids is 2. The molecule has 36 heavy (non-hydrogen) atoms. The van der Waals surface area contributed by atoms with Crippen molar-refractivity contribution < 1.29 is 14.3 Å². The average Bonchev–Trinajstić information content (AvgIpc) is 2.91. The van der Waals surface area contributed by atoms with Crippen LogP contribution in [0.4, 0.5) is 17.1 Å². The molecule has 4 rings (SSSR count). The van der Waals surface area contributed by atoms with E-state index in [-0.39, 0.29) is 11.8 Å². The van der Waals surface area contributed by atoms with E-state index < -0.39 is 0 Å². The van der Waals surface area contributed by atoms with Crippen molar-refractivity contribution in [3.63, 3.8) is 0 Å². The van der Waals surface area contributed by atoms with Gasteiger partial charge in [0, 0.05) is 54.1 Å². The molecular formula is C28H31BrN4O3. The van der Waals surface area contributed by atoms with Gasteiger partial charge in [0.15, 0.2) is 0 Å². The average molecular weight is 551 g/mol. The molecule has 0 spiro atoms. The van der Waals surface area contributed by atoms with Gasteiger partial charge in [-0.1, -0.05) is 41.1 Å². The standard InChI is InChI=1S/C28H31BrN4O3/c1-3-13-30-28(35)23-19-22(31-27(34)20-7-6-8-21(29)18-20)11-12-24(23)32-14-16-33(17-15-32)25-9-4-5-10-26(25)36-2/h4-12,18-19H,3,13-17H2,1-2H3,(H,30,35)(H,31,34). The minimum Gasteiger partial charge on any atom is -0.495 e. The number of piperazine rings is 1. The highest BCUT2D eigenvalue weighted by Gasteiger charge is 2.24. The Labute approximate surface area is 220 Å². The van der Waals surface area contributed by atoms with Gasteiger partial charge in [-0.3, -0.25) is 9.59 Å². The first-order valence-corrected chi connectivity index (χ1v) is 12.9. The lowest BCUT2D eigenvalue weighted by Gasteiger charge is -2.38. The largest absolute Gasteiger partial charge is 0.495 e. The highest BCUT2D eigenvalue weighted by atomic mass is 79.9. The molecule has 2 N–H and O–H groups in total. The smallest absolute Gasteiger partial charge is 0.255 e. The molecule has 0 unspecified atom stereocenters. The summed E-state index contributed by atoms with van der Waals surface area (Å²) < 4.78 is 6.37. The summed E-state index contributed by atoms with van der Waals surface area (Å²) in [5.74, 6) is 0.489. The fourth-order valence-corrected chi connectivity index (χ4v) is 4.72. The summed E-state index contributed by atoms with van der Waals surface area (Å²) in [6, 6.07) is 20.8. The summed E-state index contributed by atoms with van der Waals surface area (Å²) in [4.78, 5) is 30.4. The van der Waals surface area contributed by atoms with Gasteiger partial charge in [0.1, 0.15) is 5.75 Å². The number of amides is 2. The summed E-state index contributed by atoms with van der Waals surface area (Å²) in [5.41, 5.74) is 3.62. The van der Waals surface area contributed by atoms with Crippen LogP contribution in [0.15, 0.2) is 71.2 Å². The van der Waals surface area contributed by atoms with Crippen LogP contribution in [0, 0.1) is 0 Å². The lowest BCUT2D eigenvalue weighted by molar-refractivity contribution is 0.0952. The topological polar surface area (TPSA) is 73.9 Å². The van der Waals surface area contributed by atoms with Gasteiger partial charge < -0.3 is 25.2 Å². The second kappa shape index (κ2) is 11.9. The third kappa shape index (κ3) is 5.99. The van der Waals surface area contributed by atoms with E-state index in [4.69, 9.17) is 4.74 Å². The van der Waals surface area contributed by atoms with Crippen LogP contribution in [-0.4, -0.2) is 51.6 Å². The summed E-state index contributed by atoms with van der Waals surface area (Å²) in [6.07, 6.45) is 0.845. The van der Waals surface area contributed by atoms with Gasteiger partial charge >= 0.3 is 0 Å². The number of rotatable bonds is 8. The fourth-order valence-electron chi connectivity index (χ4n) is 4.32. The van der Waals surface area contributed by atoms with E-state index in [1.165, 1.54) is 0 Å². The maximum Gasteiger partial charge on any atom is 0.255 e. The van der Waals surface area contributed by atoms with Crippen molar-refractivity contribution in [2.75, 3.05) is 55.0 Å². The fraction of sp³-hybridized carbons (Fsp3) is 0.286. The molecule has 0 bridgehead atoms. The maximum absolute atomic E-state index is 13.1. The lowest BCUT2D eigenvalue weighted by atomic mass is 10.1. The van der Waals surface area contributed by atoms with Crippen molar-refractivity contribution in [1.82, 2.24) is 5.32 Å². The van der Waals surface area contributed by atoms with Crippen molar-refractivity contribution in [2.45, 2.75) is 13.3 Å². The summed E-state index contributed by atoms with van der Waals surface area (Å²) in [6.45, 7) is 5.74. The number of nitrogens with one attached hydrogen (secondary N) is 2. The van der Waals surface area contributed by atoms with Crippen LogP contribution in [-0.2, 0) is 0 Å². The number of hydrogen-bond donors (Lipinski definition) is 2. The zero-order chi connectivity index (χ0) is 25.5. The Morgan fingerprint density at radius 1 is 0.889 bits per heavy atom. The predicted octanol–water partition coefficient (Wildman–Crippen LogP) is 5.18. The molecule has 2 amide bonds. The maximum atomic E-state index is 13.1. The van der Waals surface area contributed by atoms with Gasteiger partial charge in [-0.15, -0.1) is 0 Å². The molecule has 3 aromatic carbocycles. The lowest BCUT2D eigenvalue weighted by Crippen LogP contribution is -2.47. The van der Waals surface area contributed by atoms with E-state index in [9.17, 15) is 9.59 Å². The molecule has 1 aliphatic rings. The van der Waals surface area contributed by atoms with Gasteiger partial charge in [-0.25, -0.2) is 0 Å². The highest BCUT2D eigenvalue weighted by Crippen LogP contribution is 2.31. The van der Waals surface area contributed by atoms with E-state index in [0.717, 1.165) is 54.2 Å². The van der Waals surface area contributed by atoms with Crippen LogP contribution in [0.5, 0.6) is 5.75 Å². The first kappa shape index (κ1) is 25.6. The normalized spacial score (nSPS) is 13.3. The zero-order valence-electron chi connectivity index (χ0n) is 20.6. The van der Waals surface area contributed by atoms with Crippen LogP contribution in [0.3, 0.4) is 0 Å². The molecule has 3 aromatic rings. The number of methoxy groups -OCH3 is 1. The quantitative estimate of drug-likeness (QED) is 0.404. The van der Waals surface area contributed by atoms with Crippen molar-refractivity contribution in [2.24, 2.45) is 0 Å².